The number of aliphatic imine (C=N–C) groups is 1. The molecule has 0 aliphatic carbocycles. The van der Waals surface area contributed by atoms with E-state index in [-0.39, 0.29) is 35.5 Å². The molecule has 1 fully saturated rings. The predicted octanol–water partition coefficient (Wildman–Crippen LogP) is 2.93. The number of nitrogens with zero attached hydrogens (tertiary/aromatic N) is 1. The van der Waals surface area contributed by atoms with Crippen LogP contribution in [-0.4, -0.2) is 31.8 Å². The van der Waals surface area contributed by atoms with E-state index in [1.54, 1.807) is 0 Å². The van der Waals surface area contributed by atoms with Crippen molar-refractivity contribution < 1.29 is 4.74 Å². The first-order chi connectivity index (χ1) is 8.80. The van der Waals surface area contributed by atoms with Crippen LogP contribution in [-0.2, 0) is 4.74 Å². The predicted molar refractivity (Wildman–Crippen MR) is 96.6 cm³/mol. The molecule has 20 heavy (non-hydrogen) atoms. The second-order valence-electron chi connectivity index (χ2n) is 6.60. The molecule has 3 N–H and O–H groups in total. The molecule has 4 nitrogen and oxygen atoms in total. The topological polar surface area (TPSA) is 59.6 Å². The Labute approximate surface area is 140 Å². The van der Waals surface area contributed by atoms with Crippen molar-refractivity contribution in [3.63, 3.8) is 0 Å². The van der Waals surface area contributed by atoms with Gasteiger partial charge in [-0.1, -0.05) is 32.9 Å². The second-order valence-corrected chi connectivity index (χ2v) is 6.60. The molecule has 0 radical (unpaired) electrons. The van der Waals surface area contributed by atoms with Gasteiger partial charge in [-0.05, 0) is 25.2 Å². The molecule has 1 aliphatic rings. The molecule has 0 bridgehead atoms. The summed E-state index contributed by atoms with van der Waals surface area (Å²) in [6.07, 6.45) is 2.59. The van der Waals surface area contributed by atoms with Crippen molar-refractivity contribution in [2.75, 3.05) is 19.7 Å². The Morgan fingerprint density at radius 1 is 1.45 bits per heavy atom. The molecule has 5 heteroatoms. The Balaban J connectivity index is 0.00000361. The van der Waals surface area contributed by atoms with Crippen LogP contribution in [0.3, 0.4) is 0 Å². The van der Waals surface area contributed by atoms with E-state index >= 15 is 0 Å². The van der Waals surface area contributed by atoms with Gasteiger partial charge in [0.05, 0.1) is 12.6 Å². The van der Waals surface area contributed by atoms with Crippen LogP contribution in [0, 0.1) is 11.3 Å². The summed E-state index contributed by atoms with van der Waals surface area (Å²) in [7, 11) is 0. The molecule has 2 atom stereocenters. The van der Waals surface area contributed by atoms with Gasteiger partial charge in [-0.2, -0.15) is 0 Å². The van der Waals surface area contributed by atoms with Crippen LogP contribution < -0.4 is 11.1 Å². The number of ether oxygens (including phenoxy) is 1. The number of hydrogen-bond donors (Lipinski definition) is 2. The molecule has 2 unspecified atom stereocenters. The lowest BCUT2D eigenvalue weighted by Gasteiger charge is -2.40. The monoisotopic (exact) mass is 395 g/mol. The first kappa shape index (κ1) is 19.7. The quantitative estimate of drug-likeness (QED) is 0.333. The number of nitrogens with one attached hydrogen (secondary N) is 1. The molecule has 0 aromatic carbocycles. The lowest BCUT2D eigenvalue weighted by Crippen LogP contribution is -2.46. The minimum absolute atomic E-state index is 0. The molecule has 0 aromatic heterocycles. The Bertz CT molecular complexity index is 337. The maximum Gasteiger partial charge on any atom is 0.188 e. The van der Waals surface area contributed by atoms with Crippen LogP contribution in [0.1, 0.15) is 40.5 Å². The van der Waals surface area contributed by atoms with Crippen molar-refractivity contribution in [3.8, 4) is 0 Å². The van der Waals surface area contributed by atoms with Crippen molar-refractivity contribution in [2.45, 2.75) is 46.6 Å². The zero-order valence-corrected chi connectivity index (χ0v) is 15.6. The van der Waals surface area contributed by atoms with E-state index in [0.29, 0.717) is 18.4 Å². The molecule has 0 aromatic rings. The highest BCUT2D eigenvalue weighted by Crippen LogP contribution is 2.33. The zero-order chi connectivity index (χ0) is 14.5. The van der Waals surface area contributed by atoms with Gasteiger partial charge < -0.3 is 15.8 Å². The zero-order valence-electron chi connectivity index (χ0n) is 13.2. The Hall–Kier alpha value is -0.300. The number of halogens is 1. The van der Waals surface area contributed by atoms with E-state index in [0.717, 1.165) is 25.1 Å². The van der Waals surface area contributed by atoms with E-state index in [2.05, 4.69) is 37.7 Å². The molecule has 0 saturated carbocycles. The Kier molecular flexibility index (Phi) is 8.74. The van der Waals surface area contributed by atoms with Crippen LogP contribution >= 0.6 is 24.0 Å². The molecule has 1 rings (SSSR count). The third-order valence-electron chi connectivity index (χ3n) is 3.36. The van der Waals surface area contributed by atoms with Crippen molar-refractivity contribution in [2.24, 2.45) is 22.1 Å². The lowest BCUT2D eigenvalue weighted by atomic mass is 9.78. The van der Waals surface area contributed by atoms with E-state index in [1.807, 2.05) is 6.92 Å². The molecule has 1 heterocycles. The summed E-state index contributed by atoms with van der Waals surface area (Å²) in [6.45, 7) is 14.7. The third kappa shape index (κ3) is 6.92. The van der Waals surface area contributed by atoms with E-state index in [1.165, 1.54) is 6.42 Å². The van der Waals surface area contributed by atoms with Crippen LogP contribution in [0.25, 0.3) is 0 Å². The highest BCUT2D eigenvalue weighted by Gasteiger charge is 2.35. The third-order valence-corrected chi connectivity index (χ3v) is 3.36. The highest BCUT2D eigenvalue weighted by atomic mass is 127. The van der Waals surface area contributed by atoms with Crippen molar-refractivity contribution >= 4 is 29.9 Å². The second kappa shape index (κ2) is 8.87. The van der Waals surface area contributed by atoms with Crippen LogP contribution in [0.15, 0.2) is 17.1 Å². The van der Waals surface area contributed by atoms with Crippen LogP contribution in [0.5, 0.6) is 0 Å². The van der Waals surface area contributed by atoms with Crippen LogP contribution in [0.4, 0.5) is 0 Å². The van der Waals surface area contributed by atoms with Gasteiger partial charge in [-0.3, -0.25) is 0 Å². The summed E-state index contributed by atoms with van der Waals surface area (Å²) in [5.41, 5.74) is 7.03. The maximum absolute atomic E-state index is 5.95. The Morgan fingerprint density at radius 2 is 2.10 bits per heavy atom. The summed E-state index contributed by atoms with van der Waals surface area (Å²) < 4.78 is 5.95. The SMILES string of the molecule is C=C(C)CN=C(N)NCC1CCCOC1C(C)(C)C.I. The van der Waals surface area contributed by atoms with E-state index < -0.39 is 0 Å². The summed E-state index contributed by atoms with van der Waals surface area (Å²) in [5, 5.41) is 3.22. The Morgan fingerprint density at radius 3 is 2.65 bits per heavy atom. The first-order valence-electron chi connectivity index (χ1n) is 7.10. The summed E-state index contributed by atoms with van der Waals surface area (Å²) in [4.78, 5) is 4.24. The van der Waals surface area contributed by atoms with Gasteiger partial charge >= 0.3 is 0 Å². The lowest BCUT2D eigenvalue weighted by molar-refractivity contribution is -0.0835. The average Bonchev–Trinajstić information content (AvgIpc) is 2.33. The van der Waals surface area contributed by atoms with Crippen molar-refractivity contribution in [1.29, 1.82) is 0 Å². The largest absolute Gasteiger partial charge is 0.377 e. The molecule has 118 valence electrons. The van der Waals surface area contributed by atoms with Crippen molar-refractivity contribution in [3.05, 3.63) is 12.2 Å². The molecule has 0 spiro atoms. The van der Waals surface area contributed by atoms with Crippen molar-refractivity contribution in [1.82, 2.24) is 5.32 Å². The number of guanidine groups is 1. The van der Waals surface area contributed by atoms with Crippen LogP contribution in [0.2, 0.25) is 0 Å². The van der Waals surface area contributed by atoms with Gasteiger partial charge in [0.2, 0.25) is 0 Å². The van der Waals surface area contributed by atoms with Gasteiger partial charge in [0.25, 0.3) is 0 Å². The number of nitrogens with two attached hydrogens (primary N) is 1. The van der Waals surface area contributed by atoms with E-state index in [9.17, 15) is 0 Å². The van der Waals surface area contributed by atoms with Gasteiger partial charge in [-0.25, -0.2) is 4.99 Å². The molecule has 1 saturated heterocycles. The fourth-order valence-corrected chi connectivity index (χ4v) is 2.52. The normalized spacial score (nSPS) is 23.9. The molecular formula is C15H30IN3O. The van der Waals surface area contributed by atoms with Gasteiger partial charge in [0.1, 0.15) is 0 Å². The fourth-order valence-electron chi connectivity index (χ4n) is 2.52. The summed E-state index contributed by atoms with van der Waals surface area (Å²) >= 11 is 0. The molecule has 0 amide bonds. The first-order valence-corrected chi connectivity index (χ1v) is 7.10. The summed E-state index contributed by atoms with van der Waals surface area (Å²) in [5.74, 6) is 0.994. The van der Waals surface area contributed by atoms with Gasteiger partial charge in [-0.15, -0.1) is 24.0 Å². The van der Waals surface area contributed by atoms with Gasteiger partial charge in [0.15, 0.2) is 5.96 Å². The van der Waals surface area contributed by atoms with E-state index in [4.69, 9.17) is 10.5 Å². The fraction of sp³-hybridized carbons (Fsp3) is 0.800. The smallest absolute Gasteiger partial charge is 0.188 e. The maximum atomic E-state index is 5.95. The minimum atomic E-state index is 0. The summed E-state index contributed by atoms with van der Waals surface area (Å²) in [6, 6.07) is 0. The molecular weight excluding hydrogens is 365 g/mol. The number of rotatable bonds is 4. The number of hydrogen-bond acceptors (Lipinski definition) is 2. The minimum Gasteiger partial charge on any atom is -0.377 e. The van der Waals surface area contributed by atoms with Gasteiger partial charge in [0, 0.05) is 19.1 Å². The average molecular weight is 395 g/mol. The molecule has 1 aliphatic heterocycles. The highest BCUT2D eigenvalue weighted by molar-refractivity contribution is 14.0. The standard InChI is InChI=1S/C15H29N3O.HI/c1-11(2)9-17-14(16)18-10-12-7-6-8-19-13(12)15(3,4)5;/h12-13H,1,6-10H2,2-5H3,(H3,16,17,18);1H.